The standard InChI is InChI=1S/C19H22O2/c1-19-10-9-15-14-6-4-13(21-2)11-12(14)3-5-16(15)17(19)7-8-18(19)20/h4,6,9,11,16-17H,3,5,7-8,10H2,1-2H3/t16-,17-,19-/m1/s1. The molecule has 0 heterocycles. The molecule has 1 aromatic carbocycles. The molecule has 0 N–H and O–H groups in total. The lowest BCUT2D eigenvalue weighted by Gasteiger charge is -2.43. The van der Waals surface area contributed by atoms with Gasteiger partial charge in [-0.3, -0.25) is 4.79 Å². The summed E-state index contributed by atoms with van der Waals surface area (Å²) in [6.45, 7) is 2.20. The summed E-state index contributed by atoms with van der Waals surface area (Å²) in [7, 11) is 1.73. The van der Waals surface area contributed by atoms with Gasteiger partial charge in [0.05, 0.1) is 7.11 Å². The van der Waals surface area contributed by atoms with E-state index in [2.05, 4.69) is 31.2 Å². The van der Waals surface area contributed by atoms with Crippen molar-refractivity contribution in [3.05, 3.63) is 35.4 Å². The molecule has 3 atom stereocenters. The Morgan fingerprint density at radius 3 is 2.90 bits per heavy atom. The van der Waals surface area contributed by atoms with Gasteiger partial charge in [0.1, 0.15) is 11.5 Å². The first-order valence-corrected chi connectivity index (χ1v) is 8.04. The molecular weight excluding hydrogens is 260 g/mol. The third-order valence-corrected chi connectivity index (χ3v) is 6.12. The lowest BCUT2D eigenvalue weighted by molar-refractivity contribution is -0.126. The molecule has 0 unspecified atom stereocenters. The third-order valence-electron chi connectivity index (χ3n) is 6.12. The molecule has 1 fully saturated rings. The first-order valence-electron chi connectivity index (χ1n) is 8.04. The van der Waals surface area contributed by atoms with Gasteiger partial charge in [-0.2, -0.15) is 0 Å². The number of ether oxygens (including phenoxy) is 1. The second-order valence-electron chi connectivity index (χ2n) is 7.02. The van der Waals surface area contributed by atoms with Crippen LogP contribution in [0.15, 0.2) is 24.3 Å². The van der Waals surface area contributed by atoms with E-state index in [1.807, 2.05) is 0 Å². The Bertz CT molecular complexity index is 643. The molecule has 2 heteroatoms. The first kappa shape index (κ1) is 13.1. The van der Waals surface area contributed by atoms with Gasteiger partial charge in [0.2, 0.25) is 0 Å². The number of ketones is 1. The third kappa shape index (κ3) is 1.74. The van der Waals surface area contributed by atoms with Crippen LogP contribution >= 0.6 is 0 Å². The fourth-order valence-electron chi connectivity index (χ4n) is 4.86. The van der Waals surface area contributed by atoms with Crippen molar-refractivity contribution < 1.29 is 9.53 Å². The number of allylic oxidation sites excluding steroid dienone is 2. The van der Waals surface area contributed by atoms with Crippen molar-refractivity contribution in [1.29, 1.82) is 0 Å². The minimum atomic E-state index is -0.0852. The SMILES string of the molecule is COc1ccc2c(c1)CC[C@@H]1C2=CC[C@@]2(C)C(=O)CC[C@H]12. The Morgan fingerprint density at radius 1 is 1.24 bits per heavy atom. The van der Waals surface area contributed by atoms with E-state index >= 15 is 0 Å². The summed E-state index contributed by atoms with van der Waals surface area (Å²) in [5, 5.41) is 0. The summed E-state index contributed by atoms with van der Waals surface area (Å²) in [6.07, 6.45) is 7.44. The van der Waals surface area contributed by atoms with Gasteiger partial charge in [0, 0.05) is 11.8 Å². The van der Waals surface area contributed by atoms with Crippen LogP contribution in [0.2, 0.25) is 0 Å². The molecule has 1 aromatic rings. The molecule has 0 radical (unpaired) electrons. The van der Waals surface area contributed by atoms with E-state index in [9.17, 15) is 4.79 Å². The maximum atomic E-state index is 12.3. The van der Waals surface area contributed by atoms with E-state index in [1.165, 1.54) is 23.1 Å². The average Bonchev–Trinajstić information content (AvgIpc) is 2.82. The van der Waals surface area contributed by atoms with Crippen LogP contribution in [0.1, 0.15) is 43.7 Å². The minimum absolute atomic E-state index is 0.0852. The summed E-state index contributed by atoms with van der Waals surface area (Å²) in [6, 6.07) is 6.46. The summed E-state index contributed by atoms with van der Waals surface area (Å²) >= 11 is 0. The predicted octanol–water partition coefficient (Wildman–Crippen LogP) is 4.03. The van der Waals surface area contributed by atoms with Crippen molar-refractivity contribution in [3.8, 4) is 5.75 Å². The fraction of sp³-hybridized carbons (Fsp3) is 0.526. The Labute approximate surface area is 126 Å². The number of carbonyl (C=O) groups is 1. The quantitative estimate of drug-likeness (QED) is 0.777. The van der Waals surface area contributed by atoms with Crippen LogP contribution in [0.3, 0.4) is 0 Å². The van der Waals surface area contributed by atoms with E-state index in [0.717, 1.165) is 31.4 Å². The largest absolute Gasteiger partial charge is 0.497 e. The maximum Gasteiger partial charge on any atom is 0.139 e. The van der Waals surface area contributed by atoms with Crippen molar-refractivity contribution >= 4 is 11.4 Å². The highest BCUT2D eigenvalue weighted by Gasteiger charge is 2.51. The van der Waals surface area contributed by atoms with E-state index in [1.54, 1.807) is 7.11 Å². The summed E-state index contributed by atoms with van der Waals surface area (Å²) < 4.78 is 5.35. The van der Waals surface area contributed by atoms with Crippen LogP contribution in [0.5, 0.6) is 5.75 Å². The molecule has 1 saturated carbocycles. The number of rotatable bonds is 1. The van der Waals surface area contributed by atoms with E-state index in [-0.39, 0.29) is 5.41 Å². The Balaban J connectivity index is 1.78. The topological polar surface area (TPSA) is 26.3 Å². The first-order chi connectivity index (χ1) is 10.1. The molecule has 0 aromatic heterocycles. The van der Waals surface area contributed by atoms with E-state index < -0.39 is 0 Å². The van der Waals surface area contributed by atoms with Crippen molar-refractivity contribution in [2.24, 2.45) is 17.3 Å². The van der Waals surface area contributed by atoms with Gasteiger partial charge in [0.15, 0.2) is 0 Å². The molecule has 3 aliphatic rings. The van der Waals surface area contributed by atoms with Crippen molar-refractivity contribution in [1.82, 2.24) is 0 Å². The highest BCUT2D eigenvalue weighted by molar-refractivity contribution is 5.89. The van der Waals surface area contributed by atoms with Crippen molar-refractivity contribution in [2.45, 2.75) is 39.0 Å². The molecule has 0 spiro atoms. The fourth-order valence-corrected chi connectivity index (χ4v) is 4.86. The van der Waals surface area contributed by atoms with Gasteiger partial charge in [-0.15, -0.1) is 0 Å². The second kappa shape index (κ2) is 4.46. The van der Waals surface area contributed by atoms with Crippen LogP contribution in [-0.2, 0) is 11.2 Å². The average molecular weight is 282 g/mol. The molecule has 0 saturated heterocycles. The molecule has 0 aliphatic heterocycles. The molecular formula is C19H22O2. The van der Waals surface area contributed by atoms with Crippen LogP contribution in [0, 0.1) is 17.3 Å². The normalized spacial score (nSPS) is 33.8. The number of benzene rings is 1. The summed E-state index contributed by atoms with van der Waals surface area (Å²) in [5.41, 5.74) is 4.22. The summed E-state index contributed by atoms with van der Waals surface area (Å²) in [4.78, 5) is 12.3. The molecule has 110 valence electrons. The monoisotopic (exact) mass is 282 g/mol. The number of Topliss-reactive ketones (excluding diaryl/α,β-unsaturated/α-hetero) is 1. The van der Waals surface area contributed by atoms with Crippen LogP contribution in [0.25, 0.3) is 5.57 Å². The van der Waals surface area contributed by atoms with E-state index in [0.29, 0.717) is 17.6 Å². The number of hydrogen-bond acceptors (Lipinski definition) is 2. The molecule has 21 heavy (non-hydrogen) atoms. The Morgan fingerprint density at radius 2 is 2.10 bits per heavy atom. The zero-order valence-electron chi connectivity index (χ0n) is 12.8. The van der Waals surface area contributed by atoms with E-state index in [4.69, 9.17) is 4.74 Å². The lowest BCUT2D eigenvalue weighted by atomic mass is 9.60. The van der Waals surface area contributed by atoms with Crippen LogP contribution in [0.4, 0.5) is 0 Å². The Hall–Kier alpha value is -1.57. The predicted molar refractivity (Wildman–Crippen MR) is 83.2 cm³/mol. The number of hydrogen-bond donors (Lipinski definition) is 0. The van der Waals surface area contributed by atoms with Crippen LogP contribution in [-0.4, -0.2) is 12.9 Å². The molecule has 0 bridgehead atoms. The summed E-state index contributed by atoms with van der Waals surface area (Å²) in [5.74, 6) is 2.57. The maximum absolute atomic E-state index is 12.3. The molecule has 0 amide bonds. The van der Waals surface area contributed by atoms with Gasteiger partial charge in [-0.05, 0) is 66.4 Å². The highest BCUT2D eigenvalue weighted by Crippen LogP contribution is 2.56. The van der Waals surface area contributed by atoms with Crippen LogP contribution < -0.4 is 4.74 Å². The smallest absolute Gasteiger partial charge is 0.139 e. The number of aryl methyl sites for hydroxylation is 1. The highest BCUT2D eigenvalue weighted by atomic mass is 16.5. The molecule has 2 nitrogen and oxygen atoms in total. The second-order valence-corrected chi connectivity index (χ2v) is 7.02. The zero-order chi connectivity index (χ0) is 14.6. The molecule has 4 rings (SSSR count). The number of methoxy groups -OCH3 is 1. The van der Waals surface area contributed by atoms with Crippen molar-refractivity contribution in [3.63, 3.8) is 0 Å². The van der Waals surface area contributed by atoms with Gasteiger partial charge in [0.25, 0.3) is 0 Å². The van der Waals surface area contributed by atoms with Gasteiger partial charge < -0.3 is 4.74 Å². The van der Waals surface area contributed by atoms with Gasteiger partial charge in [-0.1, -0.05) is 19.1 Å². The number of fused-ring (bicyclic) bond motifs is 5. The van der Waals surface area contributed by atoms with Gasteiger partial charge >= 0.3 is 0 Å². The lowest BCUT2D eigenvalue weighted by Crippen LogP contribution is -2.38. The Kier molecular flexibility index (Phi) is 2.79. The molecule has 3 aliphatic carbocycles. The van der Waals surface area contributed by atoms with Crippen molar-refractivity contribution in [2.75, 3.05) is 7.11 Å². The van der Waals surface area contributed by atoms with Gasteiger partial charge in [-0.25, -0.2) is 0 Å². The zero-order valence-corrected chi connectivity index (χ0v) is 12.8. The number of carbonyl (C=O) groups excluding carboxylic acids is 1. The minimum Gasteiger partial charge on any atom is -0.497 e.